The summed E-state index contributed by atoms with van der Waals surface area (Å²) in [6.07, 6.45) is 6.98. The molecular weight excluding hydrogens is 302 g/mol. The van der Waals surface area contributed by atoms with Crippen LogP contribution >= 0.6 is 11.6 Å². The zero-order valence-corrected chi connectivity index (χ0v) is 13.3. The second-order valence-corrected chi connectivity index (χ2v) is 6.63. The number of carbonyl (C=O) groups is 1. The molecule has 22 heavy (non-hydrogen) atoms. The van der Waals surface area contributed by atoms with Crippen LogP contribution in [0.1, 0.15) is 32.1 Å². The molecule has 0 saturated carbocycles. The number of pyridine rings is 1. The molecule has 1 amide bonds. The number of ether oxygens (including phenoxy) is 1. The van der Waals surface area contributed by atoms with E-state index in [9.17, 15) is 4.79 Å². The number of fused-ring (bicyclic) bond motifs is 2. The number of piperidine rings is 1. The molecule has 1 aromatic rings. The Balaban J connectivity index is 1.32. The van der Waals surface area contributed by atoms with Crippen molar-refractivity contribution in [2.75, 3.05) is 13.2 Å². The number of nitrogens with zero attached hydrogens (tertiary/aromatic N) is 1. The Morgan fingerprint density at radius 2 is 2.14 bits per heavy atom. The van der Waals surface area contributed by atoms with Gasteiger partial charge in [-0.3, -0.25) is 4.79 Å². The molecule has 0 radical (unpaired) electrons. The van der Waals surface area contributed by atoms with E-state index in [0.717, 1.165) is 12.8 Å². The van der Waals surface area contributed by atoms with Gasteiger partial charge >= 0.3 is 0 Å². The van der Waals surface area contributed by atoms with Crippen molar-refractivity contribution < 1.29 is 9.53 Å². The van der Waals surface area contributed by atoms with Crippen LogP contribution in [0.5, 0.6) is 5.88 Å². The predicted molar refractivity (Wildman–Crippen MR) is 85.0 cm³/mol. The summed E-state index contributed by atoms with van der Waals surface area (Å²) < 4.78 is 5.45. The smallest absolute Gasteiger partial charge is 0.220 e. The summed E-state index contributed by atoms with van der Waals surface area (Å²) in [5.41, 5.74) is 0. The van der Waals surface area contributed by atoms with E-state index >= 15 is 0 Å². The van der Waals surface area contributed by atoms with Crippen molar-refractivity contribution in [3.05, 3.63) is 23.4 Å². The number of hydrogen-bond acceptors (Lipinski definition) is 4. The fourth-order valence-electron chi connectivity index (χ4n) is 3.47. The molecule has 3 rings (SSSR count). The van der Waals surface area contributed by atoms with Gasteiger partial charge in [0.05, 0.1) is 11.6 Å². The summed E-state index contributed by atoms with van der Waals surface area (Å²) in [5, 5.41) is 7.10. The van der Waals surface area contributed by atoms with Crippen LogP contribution in [-0.4, -0.2) is 36.1 Å². The van der Waals surface area contributed by atoms with Gasteiger partial charge in [0.2, 0.25) is 11.8 Å². The van der Waals surface area contributed by atoms with E-state index in [4.69, 9.17) is 16.3 Å². The summed E-state index contributed by atoms with van der Waals surface area (Å²) in [6, 6.07) is 4.72. The number of hydrogen-bond donors (Lipinski definition) is 2. The molecule has 2 fully saturated rings. The van der Waals surface area contributed by atoms with Crippen molar-refractivity contribution in [1.82, 2.24) is 15.6 Å². The Labute approximate surface area is 135 Å². The van der Waals surface area contributed by atoms with Gasteiger partial charge in [-0.2, -0.15) is 0 Å². The molecule has 3 heterocycles. The van der Waals surface area contributed by atoms with Crippen molar-refractivity contribution in [2.45, 2.75) is 44.2 Å². The molecule has 2 N–H and O–H groups in total. The molecule has 2 atom stereocenters. The van der Waals surface area contributed by atoms with E-state index in [0.29, 0.717) is 48.5 Å². The van der Waals surface area contributed by atoms with Crippen LogP contribution in [0.4, 0.5) is 0 Å². The molecule has 2 aliphatic rings. The van der Waals surface area contributed by atoms with Gasteiger partial charge in [0.25, 0.3) is 0 Å². The molecule has 0 aromatic carbocycles. The van der Waals surface area contributed by atoms with E-state index in [1.807, 2.05) is 0 Å². The van der Waals surface area contributed by atoms with Crippen LogP contribution in [0.25, 0.3) is 0 Å². The minimum Gasteiger partial charge on any atom is -0.476 e. The van der Waals surface area contributed by atoms with E-state index in [1.54, 1.807) is 18.3 Å². The zero-order chi connectivity index (χ0) is 15.4. The number of halogens is 1. The first-order valence-corrected chi connectivity index (χ1v) is 8.34. The van der Waals surface area contributed by atoms with Gasteiger partial charge in [-0.25, -0.2) is 4.98 Å². The predicted octanol–water partition coefficient (Wildman–Crippen LogP) is 2.15. The summed E-state index contributed by atoms with van der Waals surface area (Å²) in [6.45, 7) is 0.915. The summed E-state index contributed by atoms with van der Waals surface area (Å²) in [7, 11) is 0. The first kappa shape index (κ1) is 15.6. The van der Waals surface area contributed by atoms with E-state index in [2.05, 4.69) is 15.6 Å². The molecule has 120 valence electrons. The third-order valence-electron chi connectivity index (χ3n) is 4.42. The topological polar surface area (TPSA) is 63.2 Å². The largest absolute Gasteiger partial charge is 0.476 e. The number of carbonyl (C=O) groups excluding carboxylic acids is 1. The lowest BCUT2D eigenvalue weighted by Crippen LogP contribution is -2.40. The van der Waals surface area contributed by atoms with Crippen LogP contribution in [0.3, 0.4) is 0 Å². The maximum atomic E-state index is 12.0. The zero-order valence-electron chi connectivity index (χ0n) is 12.6. The fourth-order valence-corrected chi connectivity index (χ4v) is 3.58. The van der Waals surface area contributed by atoms with Crippen molar-refractivity contribution in [3.8, 4) is 5.88 Å². The average molecular weight is 324 g/mol. The molecular formula is C16H22ClN3O2. The van der Waals surface area contributed by atoms with E-state index in [1.165, 1.54) is 12.8 Å². The summed E-state index contributed by atoms with van der Waals surface area (Å²) >= 11 is 5.75. The Hall–Kier alpha value is -1.33. The maximum absolute atomic E-state index is 12.0. The standard InChI is InChI=1S/C16H22ClN3O2/c17-12-1-4-16(19-10-12)22-6-5-18-15(21)9-11-7-13-2-3-14(8-11)20-13/h1,4,10-11,13-14,20H,2-3,5-9H2,(H,18,21). The highest BCUT2D eigenvalue weighted by Gasteiger charge is 2.33. The van der Waals surface area contributed by atoms with Gasteiger partial charge in [0.1, 0.15) is 6.61 Å². The third kappa shape index (κ3) is 4.34. The van der Waals surface area contributed by atoms with Gasteiger partial charge in [0, 0.05) is 30.8 Å². The van der Waals surface area contributed by atoms with Crippen LogP contribution in [0, 0.1) is 5.92 Å². The lowest BCUT2D eigenvalue weighted by atomic mass is 9.89. The minimum absolute atomic E-state index is 0.124. The highest BCUT2D eigenvalue weighted by Crippen LogP contribution is 2.32. The van der Waals surface area contributed by atoms with Crippen molar-refractivity contribution in [1.29, 1.82) is 0 Å². The highest BCUT2D eigenvalue weighted by molar-refractivity contribution is 6.30. The Morgan fingerprint density at radius 3 is 2.82 bits per heavy atom. The first-order chi connectivity index (χ1) is 10.7. The highest BCUT2D eigenvalue weighted by atomic mass is 35.5. The molecule has 0 spiro atoms. The number of amides is 1. The SMILES string of the molecule is O=C(CC1CC2CCC(C1)N2)NCCOc1ccc(Cl)cn1. The third-order valence-corrected chi connectivity index (χ3v) is 4.64. The first-order valence-electron chi connectivity index (χ1n) is 7.96. The Kier molecular flexibility index (Phi) is 5.16. The number of nitrogens with one attached hydrogen (secondary N) is 2. The maximum Gasteiger partial charge on any atom is 0.220 e. The van der Waals surface area contributed by atoms with Crippen LogP contribution in [-0.2, 0) is 4.79 Å². The lowest BCUT2D eigenvalue weighted by molar-refractivity contribution is -0.122. The van der Waals surface area contributed by atoms with E-state index in [-0.39, 0.29) is 5.91 Å². The summed E-state index contributed by atoms with van der Waals surface area (Å²) in [4.78, 5) is 16.0. The number of aromatic nitrogens is 1. The molecule has 5 nitrogen and oxygen atoms in total. The molecule has 2 aliphatic heterocycles. The minimum atomic E-state index is 0.124. The van der Waals surface area contributed by atoms with Crippen LogP contribution < -0.4 is 15.4 Å². The van der Waals surface area contributed by atoms with Crippen molar-refractivity contribution in [2.24, 2.45) is 5.92 Å². The van der Waals surface area contributed by atoms with Gasteiger partial charge in [0.15, 0.2) is 0 Å². The Bertz CT molecular complexity index is 497. The van der Waals surface area contributed by atoms with Crippen LogP contribution in [0.15, 0.2) is 18.3 Å². The van der Waals surface area contributed by atoms with Gasteiger partial charge in [-0.1, -0.05) is 11.6 Å². The molecule has 1 aromatic heterocycles. The summed E-state index contributed by atoms with van der Waals surface area (Å²) in [5.74, 6) is 1.17. The van der Waals surface area contributed by atoms with E-state index < -0.39 is 0 Å². The number of rotatable bonds is 6. The van der Waals surface area contributed by atoms with Crippen molar-refractivity contribution >= 4 is 17.5 Å². The van der Waals surface area contributed by atoms with Crippen LogP contribution in [0.2, 0.25) is 5.02 Å². The molecule has 6 heteroatoms. The molecule has 2 bridgehead atoms. The lowest BCUT2D eigenvalue weighted by Gasteiger charge is -2.28. The van der Waals surface area contributed by atoms with Crippen molar-refractivity contribution in [3.63, 3.8) is 0 Å². The van der Waals surface area contributed by atoms with Gasteiger partial charge in [-0.15, -0.1) is 0 Å². The molecule has 2 unspecified atom stereocenters. The second-order valence-electron chi connectivity index (χ2n) is 6.19. The average Bonchev–Trinajstić information content (AvgIpc) is 2.84. The van der Waals surface area contributed by atoms with Gasteiger partial charge in [-0.05, 0) is 37.7 Å². The monoisotopic (exact) mass is 323 g/mol. The molecule has 0 aliphatic carbocycles. The second kappa shape index (κ2) is 7.29. The fraction of sp³-hybridized carbons (Fsp3) is 0.625. The quantitative estimate of drug-likeness (QED) is 0.787. The van der Waals surface area contributed by atoms with Gasteiger partial charge < -0.3 is 15.4 Å². The Morgan fingerprint density at radius 1 is 1.36 bits per heavy atom. The molecule has 2 saturated heterocycles. The normalized spacial score (nSPS) is 26.7.